The van der Waals surface area contributed by atoms with Crippen LogP contribution in [0.4, 0.5) is 5.69 Å². The first-order chi connectivity index (χ1) is 13.3. The molecule has 146 valence electrons. The fourth-order valence-electron chi connectivity index (χ4n) is 2.46. The molecule has 0 aliphatic heterocycles. The van der Waals surface area contributed by atoms with E-state index in [1.165, 1.54) is 11.0 Å². The Morgan fingerprint density at radius 2 is 1.82 bits per heavy atom. The Hall–Kier alpha value is -3.11. The number of sulfonamides is 1. The minimum Gasteiger partial charge on any atom is -0.326 e. The lowest BCUT2D eigenvalue weighted by Gasteiger charge is -2.09. The number of tetrazole rings is 1. The molecule has 0 spiro atoms. The smallest absolute Gasteiger partial charge is 0.240 e. The van der Waals surface area contributed by atoms with Crippen molar-refractivity contribution < 1.29 is 13.2 Å². The molecule has 9 nitrogen and oxygen atoms in total. The standard InChI is InChI=1S/C18H20N6O3S/c1-13-3-8-17(11-14(13)2)28(26,27)20-10-9-18(25)21-15-4-6-16(7-5-15)24-12-19-22-23-24/h3-8,11-12,20H,9-10H2,1-2H3,(H,21,25). The van der Waals surface area contributed by atoms with Crippen LogP contribution in [0.5, 0.6) is 0 Å². The van der Waals surface area contributed by atoms with Gasteiger partial charge in [-0.25, -0.2) is 17.8 Å². The van der Waals surface area contributed by atoms with E-state index in [1.807, 2.05) is 13.8 Å². The van der Waals surface area contributed by atoms with Crippen molar-refractivity contribution in [1.29, 1.82) is 0 Å². The summed E-state index contributed by atoms with van der Waals surface area (Å²) in [6.07, 6.45) is 1.48. The van der Waals surface area contributed by atoms with Crippen LogP contribution in [0.25, 0.3) is 5.69 Å². The fourth-order valence-corrected chi connectivity index (χ4v) is 3.58. The van der Waals surface area contributed by atoms with Crippen LogP contribution in [-0.2, 0) is 14.8 Å². The normalized spacial score (nSPS) is 11.4. The van der Waals surface area contributed by atoms with Crippen molar-refractivity contribution in [3.8, 4) is 5.69 Å². The minimum atomic E-state index is -3.65. The molecule has 28 heavy (non-hydrogen) atoms. The number of nitrogens with one attached hydrogen (secondary N) is 2. The summed E-state index contributed by atoms with van der Waals surface area (Å²) in [6.45, 7) is 3.77. The average Bonchev–Trinajstić information content (AvgIpc) is 3.19. The molecule has 0 aliphatic carbocycles. The van der Waals surface area contributed by atoms with E-state index in [0.717, 1.165) is 16.8 Å². The summed E-state index contributed by atoms with van der Waals surface area (Å²) in [7, 11) is -3.65. The molecule has 0 aliphatic rings. The summed E-state index contributed by atoms with van der Waals surface area (Å²) >= 11 is 0. The zero-order valence-electron chi connectivity index (χ0n) is 15.5. The lowest BCUT2D eigenvalue weighted by Crippen LogP contribution is -2.28. The van der Waals surface area contributed by atoms with Gasteiger partial charge in [0.25, 0.3) is 0 Å². The van der Waals surface area contributed by atoms with Crippen molar-refractivity contribution in [2.75, 3.05) is 11.9 Å². The molecule has 0 bridgehead atoms. The van der Waals surface area contributed by atoms with Gasteiger partial charge < -0.3 is 5.32 Å². The maximum Gasteiger partial charge on any atom is 0.240 e. The van der Waals surface area contributed by atoms with E-state index in [-0.39, 0.29) is 23.8 Å². The monoisotopic (exact) mass is 400 g/mol. The third-order valence-electron chi connectivity index (χ3n) is 4.20. The Balaban J connectivity index is 1.52. The maximum atomic E-state index is 12.3. The number of aryl methyl sites for hydroxylation is 2. The summed E-state index contributed by atoms with van der Waals surface area (Å²) in [4.78, 5) is 12.3. The van der Waals surface area contributed by atoms with Crippen molar-refractivity contribution in [1.82, 2.24) is 24.9 Å². The molecule has 1 heterocycles. The highest BCUT2D eigenvalue weighted by Gasteiger charge is 2.15. The quantitative estimate of drug-likeness (QED) is 0.622. The van der Waals surface area contributed by atoms with E-state index in [9.17, 15) is 13.2 Å². The third-order valence-corrected chi connectivity index (χ3v) is 5.66. The molecule has 0 saturated carbocycles. The number of rotatable bonds is 7. The Morgan fingerprint density at radius 3 is 2.46 bits per heavy atom. The van der Waals surface area contributed by atoms with Gasteiger partial charge in [0.05, 0.1) is 10.6 Å². The molecule has 0 saturated heterocycles. The lowest BCUT2D eigenvalue weighted by atomic mass is 10.1. The lowest BCUT2D eigenvalue weighted by molar-refractivity contribution is -0.116. The molecule has 0 fully saturated rings. The number of hydrogen-bond acceptors (Lipinski definition) is 6. The highest BCUT2D eigenvalue weighted by atomic mass is 32.2. The fraction of sp³-hybridized carbons (Fsp3) is 0.222. The average molecular weight is 400 g/mol. The van der Waals surface area contributed by atoms with E-state index < -0.39 is 10.0 Å². The number of aromatic nitrogens is 4. The number of nitrogens with zero attached hydrogens (tertiary/aromatic N) is 4. The van der Waals surface area contributed by atoms with Gasteiger partial charge in [-0.15, -0.1) is 5.10 Å². The third kappa shape index (κ3) is 4.78. The van der Waals surface area contributed by atoms with Crippen LogP contribution in [0.3, 0.4) is 0 Å². The molecule has 0 atom stereocenters. The van der Waals surface area contributed by atoms with E-state index >= 15 is 0 Å². The van der Waals surface area contributed by atoms with Crippen molar-refractivity contribution in [2.45, 2.75) is 25.2 Å². The molecule has 10 heteroatoms. The van der Waals surface area contributed by atoms with Crippen LogP contribution in [0, 0.1) is 13.8 Å². The molecule has 1 amide bonds. The minimum absolute atomic E-state index is 0.00377. The summed E-state index contributed by atoms with van der Waals surface area (Å²) in [6, 6.07) is 11.9. The van der Waals surface area contributed by atoms with Gasteiger partial charge in [-0.2, -0.15) is 0 Å². The summed E-state index contributed by atoms with van der Waals surface area (Å²) in [5.41, 5.74) is 3.26. The number of hydrogen-bond donors (Lipinski definition) is 2. The molecule has 0 unspecified atom stereocenters. The van der Waals surface area contributed by atoms with Crippen molar-refractivity contribution in [3.05, 3.63) is 59.9 Å². The highest BCUT2D eigenvalue weighted by molar-refractivity contribution is 7.89. The van der Waals surface area contributed by atoms with Gasteiger partial charge in [-0.3, -0.25) is 4.79 Å². The Bertz CT molecular complexity index is 1060. The van der Waals surface area contributed by atoms with E-state index in [1.54, 1.807) is 42.5 Å². The first kappa shape index (κ1) is 19.6. The number of carbonyl (C=O) groups excluding carboxylic acids is 1. The number of carbonyl (C=O) groups is 1. The highest BCUT2D eigenvalue weighted by Crippen LogP contribution is 2.15. The van der Waals surface area contributed by atoms with Gasteiger partial charge in [0.1, 0.15) is 6.33 Å². The van der Waals surface area contributed by atoms with Crippen LogP contribution < -0.4 is 10.0 Å². The largest absolute Gasteiger partial charge is 0.326 e. The predicted molar refractivity (Wildman–Crippen MR) is 104 cm³/mol. The number of amides is 1. The number of benzene rings is 2. The van der Waals surface area contributed by atoms with Crippen LogP contribution in [0.2, 0.25) is 0 Å². The van der Waals surface area contributed by atoms with E-state index in [2.05, 4.69) is 25.6 Å². The van der Waals surface area contributed by atoms with E-state index in [4.69, 9.17) is 0 Å². The summed E-state index contributed by atoms with van der Waals surface area (Å²) in [5.74, 6) is -0.294. The zero-order valence-corrected chi connectivity index (χ0v) is 16.3. The first-order valence-corrected chi connectivity index (χ1v) is 10.0. The van der Waals surface area contributed by atoms with Gasteiger partial charge in [0, 0.05) is 18.7 Å². The topological polar surface area (TPSA) is 119 Å². The van der Waals surface area contributed by atoms with Gasteiger partial charge in [-0.05, 0) is 71.8 Å². The molecule has 1 aromatic heterocycles. The van der Waals surface area contributed by atoms with Gasteiger partial charge in [0.15, 0.2) is 0 Å². The zero-order chi connectivity index (χ0) is 20.1. The molecule has 2 N–H and O–H groups in total. The molecular formula is C18H20N6O3S. The molecular weight excluding hydrogens is 380 g/mol. The molecule has 0 radical (unpaired) electrons. The summed E-state index contributed by atoms with van der Waals surface area (Å²) < 4.78 is 28.6. The second-order valence-electron chi connectivity index (χ2n) is 6.24. The van der Waals surface area contributed by atoms with Crippen LogP contribution in [-0.4, -0.2) is 41.1 Å². The SMILES string of the molecule is Cc1ccc(S(=O)(=O)NCCC(=O)Nc2ccc(-n3cnnn3)cc2)cc1C. The predicted octanol–water partition coefficient (Wildman–Crippen LogP) is 1.59. The van der Waals surface area contributed by atoms with Gasteiger partial charge in [0.2, 0.25) is 15.9 Å². The van der Waals surface area contributed by atoms with Crippen LogP contribution in [0.15, 0.2) is 53.7 Å². The molecule has 3 aromatic rings. The van der Waals surface area contributed by atoms with Gasteiger partial charge >= 0.3 is 0 Å². The van der Waals surface area contributed by atoms with Crippen molar-refractivity contribution in [2.24, 2.45) is 0 Å². The molecule has 3 rings (SSSR count). The molecule has 2 aromatic carbocycles. The Labute approximate surface area is 162 Å². The van der Waals surface area contributed by atoms with Gasteiger partial charge in [-0.1, -0.05) is 6.07 Å². The van der Waals surface area contributed by atoms with E-state index in [0.29, 0.717) is 5.69 Å². The van der Waals surface area contributed by atoms with Crippen LogP contribution >= 0.6 is 0 Å². The number of anilines is 1. The van der Waals surface area contributed by atoms with Crippen molar-refractivity contribution in [3.63, 3.8) is 0 Å². The van der Waals surface area contributed by atoms with Crippen molar-refractivity contribution >= 4 is 21.6 Å². The second-order valence-corrected chi connectivity index (χ2v) is 8.01. The maximum absolute atomic E-state index is 12.3. The van der Waals surface area contributed by atoms with Crippen LogP contribution in [0.1, 0.15) is 17.5 Å². The second kappa shape index (κ2) is 8.28. The Morgan fingerprint density at radius 1 is 1.07 bits per heavy atom. The Kier molecular flexibility index (Phi) is 5.81. The summed E-state index contributed by atoms with van der Waals surface area (Å²) in [5, 5.41) is 13.6. The first-order valence-electron chi connectivity index (χ1n) is 8.55.